The summed E-state index contributed by atoms with van der Waals surface area (Å²) in [6, 6.07) is 5.18. The number of anilines is 1. The number of aryl methyl sites for hydroxylation is 1. The Bertz CT molecular complexity index is 786. The molecule has 3 rings (SSSR count). The zero-order valence-corrected chi connectivity index (χ0v) is 10.4. The second-order valence-electron chi connectivity index (χ2n) is 4.47. The number of alkyl halides is 3. The third-order valence-corrected chi connectivity index (χ3v) is 3.20. The van der Waals surface area contributed by atoms with Crippen LogP contribution in [0.2, 0.25) is 0 Å². The van der Waals surface area contributed by atoms with Crippen molar-refractivity contribution in [2.45, 2.75) is 6.18 Å². The Hall–Kier alpha value is -2.44. The van der Waals surface area contributed by atoms with Gasteiger partial charge >= 0.3 is 6.18 Å². The van der Waals surface area contributed by atoms with Crippen LogP contribution in [0.5, 0.6) is 0 Å². The third-order valence-electron chi connectivity index (χ3n) is 3.20. The Morgan fingerprint density at radius 1 is 1.25 bits per heavy atom. The number of hydrogen-bond donors (Lipinski definition) is 1. The van der Waals surface area contributed by atoms with Gasteiger partial charge in [-0.1, -0.05) is 5.16 Å². The highest BCUT2D eigenvalue weighted by Gasteiger charge is 2.30. The Kier molecular flexibility index (Phi) is 2.53. The van der Waals surface area contributed by atoms with Gasteiger partial charge in [0.1, 0.15) is 5.69 Å². The Balaban J connectivity index is 2.22. The van der Waals surface area contributed by atoms with Crippen molar-refractivity contribution in [2.75, 3.05) is 5.73 Å². The lowest BCUT2D eigenvalue weighted by molar-refractivity contribution is -0.137. The summed E-state index contributed by atoms with van der Waals surface area (Å²) >= 11 is 0. The van der Waals surface area contributed by atoms with E-state index in [1.807, 2.05) is 0 Å². The SMILES string of the molecule is Cn1c(-c2oncc2N)cc2cc(C(F)(F)F)ccc21. The van der Waals surface area contributed by atoms with Crippen molar-refractivity contribution in [3.8, 4) is 11.5 Å². The molecule has 2 N–H and O–H groups in total. The maximum Gasteiger partial charge on any atom is 0.416 e. The minimum Gasteiger partial charge on any atom is -0.394 e. The first-order valence-corrected chi connectivity index (χ1v) is 5.75. The normalized spacial score (nSPS) is 12.2. The van der Waals surface area contributed by atoms with Crippen LogP contribution in [0.3, 0.4) is 0 Å². The number of hydrogen-bond acceptors (Lipinski definition) is 3. The van der Waals surface area contributed by atoms with Gasteiger partial charge in [-0.3, -0.25) is 0 Å². The fourth-order valence-corrected chi connectivity index (χ4v) is 2.19. The molecule has 2 heterocycles. The van der Waals surface area contributed by atoms with Crippen molar-refractivity contribution >= 4 is 16.6 Å². The number of rotatable bonds is 1. The lowest BCUT2D eigenvalue weighted by Crippen LogP contribution is -2.04. The predicted molar refractivity (Wildman–Crippen MR) is 67.8 cm³/mol. The highest BCUT2D eigenvalue weighted by Crippen LogP contribution is 2.35. The summed E-state index contributed by atoms with van der Waals surface area (Å²) in [6.07, 6.45) is -3.01. The molecule has 0 aliphatic heterocycles. The number of nitrogens with zero attached hydrogens (tertiary/aromatic N) is 2. The van der Waals surface area contributed by atoms with Gasteiger partial charge in [-0.2, -0.15) is 13.2 Å². The predicted octanol–water partition coefficient (Wildman–Crippen LogP) is 3.43. The molecule has 0 aliphatic carbocycles. The van der Waals surface area contributed by atoms with Gasteiger partial charge in [-0.15, -0.1) is 0 Å². The summed E-state index contributed by atoms with van der Waals surface area (Å²) in [5.41, 5.74) is 6.60. The Morgan fingerprint density at radius 3 is 2.60 bits per heavy atom. The minimum absolute atomic E-state index is 0.340. The van der Waals surface area contributed by atoms with Crippen LogP contribution < -0.4 is 5.73 Å². The van der Waals surface area contributed by atoms with Crippen LogP contribution >= 0.6 is 0 Å². The van der Waals surface area contributed by atoms with E-state index in [1.165, 1.54) is 12.3 Å². The number of aromatic nitrogens is 2. The maximum absolute atomic E-state index is 12.7. The molecule has 20 heavy (non-hydrogen) atoms. The van der Waals surface area contributed by atoms with Crippen molar-refractivity contribution < 1.29 is 17.7 Å². The van der Waals surface area contributed by atoms with E-state index < -0.39 is 11.7 Å². The molecule has 0 fully saturated rings. The van der Waals surface area contributed by atoms with E-state index >= 15 is 0 Å². The zero-order valence-electron chi connectivity index (χ0n) is 10.4. The molecule has 2 aromatic heterocycles. The molecule has 104 valence electrons. The second-order valence-corrected chi connectivity index (χ2v) is 4.47. The summed E-state index contributed by atoms with van der Waals surface area (Å²) in [5, 5.41) is 4.04. The summed E-state index contributed by atoms with van der Waals surface area (Å²) in [5.74, 6) is 0.345. The fraction of sp³-hybridized carbons (Fsp3) is 0.154. The monoisotopic (exact) mass is 281 g/mol. The average molecular weight is 281 g/mol. The number of halogens is 3. The zero-order chi connectivity index (χ0) is 14.5. The van der Waals surface area contributed by atoms with Crippen molar-refractivity contribution in [2.24, 2.45) is 7.05 Å². The second kappa shape index (κ2) is 4.03. The molecule has 0 saturated heterocycles. The molecule has 0 amide bonds. The standard InChI is InChI=1S/C13H10F3N3O/c1-19-10-3-2-8(13(14,15)16)4-7(10)5-11(19)12-9(17)6-18-20-12/h2-6H,17H2,1H3. The molecule has 0 radical (unpaired) electrons. The molecular weight excluding hydrogens is 271 g/mol. The van der Waals surface area contributed by atoms with Gasteiger partial charge in [0.05, 0.1) is 17.5 Å². The molecule has 0 unspecified atom stereocenters. The van der Waals surface area contributed by atoms with Crippen molar-refractivity contribution in [1.82, 2.24) is 9.72 Å². The number of nitrogens with two attached hydrogens (primary N) is 1. The third kappa shape index (κ3) is 1.82. The van der Waals surface area contributed by atoms with Crippen LogP contribution in [0.4, 0.5) is 18.9 Å². The van der Waals surface area contributed by atoms with Gasteiger partial charge in [0.2, 0.25) is 5.76 Å². The van der Waals surface area contributed by atoms with E-state index in [-0.39, 0.29) is 0 Å². The lowest BCUT2D eigenvalue weighted by atomic mass is 10.1. The number of nitrogen functional groups attached to an aromatic ring is 1. The topological polar surface area (TPSA) is 57.0 Å². The van der Waals surface area contributed by atoms with Crippen LogP contribution in [0.1, 0.15) is 5.56 Å². The van der Waals surface area contributed by atoms with Crippen LogP contribution in [-0.2, 0) is 13.2 Å². The molecule has 0 saturated carbocycles. The van der Waals surface area contributed by atoms with Crippen LogP contribution in [0.25, 0.3) is 22.4 Å². The average Bonchev–Trinajstić information content (AvgIpc) is 2.92. The Labute approximate surface area is 111 Å². The van der Waals surface area contributed by atoms with Gasteiger partial charge in [0, 0.05) is 18.0 Å². The molecule has 4 nitrogen and oxygen atoms in total. The lowest BCUT2D eigenvalue weighted by Gasteiger charge is -2.06. The van der Waals surface area contributed by atoms with Crippen LogP contribution in [0.15, 0.2) is 35.0 Å². The van der Waals surface area contributed by atoms with Gasteiger partial charge in [0.25, 0.3) is 0 Å². The molecule has 0 bridgehead atoms. The number of benzene rings is 1. The molecule has 0 spiro atoms. The Morgan fingerprint density at radius 2 is 2.00 bits per heavy atom. The summed E-state index contributed by atoms with van der Waals surface area (Å²) < 4.78 is 44.9. The van der Waals surface area contributed by atoms with E-state index in [0.29, 0.717) is 28.0 Å². The van der Waals surface area contributed by atoms with E-state index in [4.69, 9.17) is 10.3 Å². The molecular formula is C13H10F3N3O. The van der Waals surface area contributed by atoms with Crippen molar-refractivity contribution in [3.63, 3.8) is 0 Å². The number of fused-ring (bicyclic) bond motifs is 1. The molecule has 7 heteroatoms. The van der Waals surface area contributed by atoms with E-state index in [9.17, 15) is 13.2 Å². The van der Waals surface area contributed by atoms with Crippen LogP contribution in [0, 0.1) is 0 Å². The van der Waals surface area contributed by atoms with Gasteiger partial charge in [-0.05, 0) is 24.3 Å². The van der Waals surface area contributed by atoms with Crippen molar-refractivity contribution in [1.29, 1.82) is 0 Å². The summed E-state index contributed by atoms with van der Waals surface area (Å²) in [6.45, 7) is 0. The van der Waals surface area contributed by atoms with Gasteiger partial charge in [0.15, 0.2) is 0 Å². The first-order chi connectivity index (χ1) is 9.38. The highest BCUT2D eigenvalue weighted by molar-refractivity contribution is 5.88. The first-order valence-electron chi connectivity index (χ1n) is 5.75. The molecule has 0 aliphatic rings. The smallest absolute Gasteiger partial charge is 0.394 e. The maximum atomic E-state index is 12.7. The highest BCUT2D eigenvalue weighted by atomic mass is 19.4. The fourth-order valence-electron chi connectivity index (χ4n) is 2.19. The minimum atomic E-state index is -4.37. The van der Waals surface area contributed by atoms with Crippen LogP contribution in [-0.4, -0.2) is 9.72 Å². The van der Waals surface area contributed by atoms with E-state index in [2.05, 4.69) is 5.16 Å². The van der Waals surface area contributed by atoms with E-state index in [1.54, 1.807) is 17.7 Å². The summed E-state index contributed by atoms with van der Waals surface area (Å²) in [7, 11) is 1.73. The molecule has 0 atom stereocenters. The summed E-state index contributed by atoms with van der Waals surface area (Å²) in [4.78, 5) is 0. The first kappa shape index (κ1) is 12.6. The van der Waals surface area contributed by atoms with Gasteiger partial charge < -0.3 is 14.8 Å². The van der Waals surface area contributed by atoms with Crippen molar-refractivity contribution in [3.05, 3.63) is 36.0 Å². The van der Waals surface area contributed by atoms with E-state index in [0.717, 1.165) is 12.1 Å². The molecule has 3 aromatic rings. The molecule has 1 aromatic carbocycles. The van der Waals surface area contributed by atoms with Gasteiger partial charge in [-0.25, -0.2) is 0 Å². The quantitative estimate of drug-likeness (QED) is 0.743. The largest absolute Gasteiger partial charge is 0.416 e.